The van der Waals surface area contributed by atoms with Crippen molar-refractivity contribution in [1.82, 2.24) is 9.88 Å². The number of hydrogen-bond acceptors (Lipinski definition) is 5. The molecule has 29 heavy (non-hydrogen) atoms. The normalized spacial score (nSPS) is 12.3. The van der Waals surface area contributed by atoms with Crippen LogP contribution in [0.4, 0.5) is 18.9 Å². The lowest BCUT2D eigenvalue weighted by Gasteiger charge is -2.13. The Kier molecular flexibility index (Phi) is 5.67. The van der Waals surface area contributed by atoms with Crippen LogP contribution in [-0.2, 0) is 16.6 Å². The Labute approximate surface area is 166 Å². The summed E-state index contributed by atoms with van der Waals surface area (Å²) in [7, 11) is -0.247. The Hall–Kier alpha value is -2.85. The fourth-order valence-electron chi connectivity index (χ4n) is 2.71. The first kappa shape index (κ1) is 20.9. The number of para-hydroxylation sites is 1. The number of pyridine rings is 1. The molecule has 2 aromatic carbocycles. The summed E-state index contributed by atoms with van der Waals surface area (Å²) in [6, 6.07) is 12.8. The predicted molar refractivity (Wildman–Crippen MR) is 103 cm³/mol. The summed E-state index contributed by atoms with van der Waals surface area (Å²) >= 11 is 0. The number of sulfonamides is 1. The predicted octanol–water partition coefficient (Wildman–Crippen LogP) is 4.00. The minimum atomic E-state index is -4.85. The highest BCUT2D eigenvalue weighted by atomic mass is 32.2. The maximum atomic E-state index is 12.7. The summed E-state index contributed by atoms with van der Waals surface area (Å²) in [5, 5.41) is 0.752. The van der Waals surface area contributed by atoms with Crippen molar-refractivity contribution in [2.45, 2.75) is 17.8 Å². The van der Waals surface area contributed by atoms with Gasteiger partial charge in [0.2, 0.25) is 0 Å². The standard InChI is InChI=1S/C19H18F3N3O3S/c1-25(2)12-14-7-6-13-4-3-5-17(18(13)23-14)24-29(26,27)16-10-8-15(9-11-16)28-19(20,21)22/h3-11,24H,12H2,1-2H3. The van der Waals surface area contributed by atoms with E-state index in [1.54, 1.807) is 12.1 Å². The molecule has 0 saturated heterocycles. The molecule has 3 rings (SSSR count). The van der Waals surface area contributed by atoms with Crippen molar-refractivity contribution < 1.29 is 26.3 Å². The molecule has 0 bridgehead atoms. The fourth-order valence-corrected chi connectivity index (χ4v) is 3.77. The number of fused-ring (bicyclic) bond motifs is 1. The largest absolute Gasteiger partial charge is 0.573 e. The van der Waals surface area contributed by atoms with Gasteiger partial charge in [0.05, 0.1) is 21.8 Å². The van der Waals surface area contributed by atoms with Gasteiger partial charge in [0, 0.05) is 11.9 Å². The van der Waals surface area contributed by atoms with Gasteiger partial charge in [-0.05, 0) is 50.5 Å². The molecule has 0 aliphatic heterocycles. The van der Waals surface area contributed by atoms with Crippen molar-refractivity contribution in [2.75, 3.05) is 18.8 Å². The number of nitrogens with one attached hydrogen (secondary N) is 1. The van der Waals surface area contributed by atoms with Crippen LogP contribution in [0.2, 0.25) is 0 Å². The Morgan fingerprint density at radius 3 is 2.34 bits per heavy atom. The topological polar surface area (TPSA) is 71.5 Å². The molecule has 0 radical (unpaired) electrons. The van der Waals surface area contributed by atoms with Crippen LogP contribution in [0.25, 0.3) is 10.9 Å². The summed E-state index contributed by atoms with van der Waals surface area (Å²) in [4.78, 5) is 6.27. The highest BCUT2D eigenvalue weighted by Gasteiger charge is 2.31. The van der Waals surface area contributed by atoms with E-state index < -0.39 is 22.1 Å². The molecule has 1 heterocycles. The third-order valence-corrected chi connectivity index (χ3v) is 5.25. The van der Waals surface area contributed by atoms with Gasteiger partial charge < -0.3 is 9.64 Å². The zero-order valence-corrected chi connectivity index (χ0v) is 16.4. The quantitative estimate of drug-likeness (QED) is 0.647. The number of ether oxygens (including phenoxy) is 1. The summed E-state index contributed by atoms with van der Waals surface area (Å²) in [5.74, 6) is -0.503. The minimum absolute atomic E-state index is 0.200. The molecule has 0 aliphatic carbocycles. The van der Waals surface area contributed by atoms with E-state index in [1.807, 2.05) is 37.2 Å². The van der Waals surface area contributed by atoms with E-state index in [1.165, 1.54) is 0 Å². The van der Waals surface area contributed by atoms with Crippen LogP contribution >= 0.6 is 0 Å². The number of halogens is 3. The Morgan fingerprint density at radius 2 is 1.72 bits per heavy atom. The molecule has 0 atom stereocenters. The lowest BCUT2D eigenvalue weighted by Crippen LogP contribution is -2.17. The molecule has 154 valence electrons. The molecule has 0 unspecified atom stereocenters. The van der Waals surface area contributed by atoms with E-state index in [4.69, 9.17) is 0 Å². The number of hydrogen-bond donors (Lipinski definition) is 1. The van der Waals surface area contributed by atoms with Gasteiger partial charge >= 0.3 is 6.36 Å². The Balaban J connectivity index is 1.90. The van der Waals surface area contributed by atoms with Gasteiger partial charge in [-0.2, -0.15) is 0 Å². The van der Waals surface area contributed by atoms with Crippen LogP contribution in [0, 0.1) is 0 Å². The summed E-state index contributed by atoms with van der Waals surface area (Å²) < 4.78 is 68.4. The van der Waals surface area contributed by atoms with Gasteiger partial charge in [-0.3, -0.25) is 4.72 Å². The van der Waals surface area contributed by atoms with E-state index in [-0.39, 0.29) is 10.6 Å². The maximum Gasteiger partial charge on any atom is 0.573 e. The van der Waals surface area contributed by atoms with Gasteiger partial charge in [-0.1, -0.05) is 18.2 Å². The highest BCUT2D eigenvalue weighted by Crippen LogP contribution is 2.27. The maximum absolute atomic E-state index is 12.7. The molecule has 0 saturated carbocycles. The number of alkyl halides is 3. The Bertz CT molecular complexity index is 1110. The van der Waals surface area contributed by atoms with E-state index >= 15 is 0 Å². The second kappa shape index (κ2) is 7.88. The number of benzene rings is 2. The molecule has 1 N–H and O–H groups in total. The minimum Gasteiger partial charge on any atom is -0.406 e. The van der Waals surface area contributed by atoms with Crippen LogP contribution in [-0.4, -0.2) is 38.8 Å². The first-order chi connectivity index (χ1) is 13.5. The SMILES string of the molecule is CN(C)Cc1ccc2cccc(NS(=O)(=O)c3ccc(OC(F)(F)F)cc3)c2n1. The van der Waals surface area contributed by atoms with Crippen LogP contribution < -0.4 is 9.46 Å². The number of aromatic nitrogens is 1. The smallest absolute Gasteiger partial charge is 0.406 e. The van der Waals surface area contributed by atoms with E-state index in [0.717, 1.165) is 35.3 Å². The third-order valence-electron chi connectivity index (χ3n) is 3.87. The number of anilines is 1. The highest BCUT2D eigenvalue weighted by molar-refractivity contribution is 7.92. The molecule has 10 heteroatoms. The van der Waals surface area contributed by atoms with E-state index in [0.29, 0.717) is 12.1 Å². The zero-order valence-electron chi connectivity index (χ0n) is 15.6. The molecular weight excluding hydrogens is 407 g/mol. The molecule has 3 aromatic rings. The first-order valence-corrected chi connectivity index (χ1v) is 9.94. The number of nitrogens with zero attached hydrogens (tertiary/aromatic N) is 2. The van der Waals surface area contributed by atoms with Crippen LogP contribution in [0.15, 0.2) is 59.5 Å². The second-order valence-corrected chi connectivity index (χ2v) is 8.22. The average molecular weight is 425 g/mol. The summed E-state index contributed by atoms with van der Waals surface area (Å²) in [6.45, 7) is 0.581. The van der Waals surface area contributed by atoms with Crippen molar-refractivity contribution in [3.63, 3.8) is 0 Å². The van der Waals surface area contributed by atoms with Crippen LogP contribution in [0.1, 0.15) is 5.69 Å². The lowest BCUT2D eigenvalue weighted by molar-refractivity contribution is -0.274. The summed E-state index contributed by atoms with van der Waals surface area (Å²) in [5.41, 5.74) is 1.52. The fraction of sp³-hybridized carbons (Fsp3) is 0.211. The van der Waals surface area contributed by atoms with Crippen molar-refractivity contribution in [3.05, 3.63) is 60.3 Å². The van der Waals surface area contributed by atoms with Crippen LogP contribution in [0.3, 0.4) is 0 Å². The Morgan fingerprint density at radius 1 is 1.03 bits per heavy atom. The lowest BCUT2D eigenvalue weighted by atomic mass is 10.2. The molecule has 0 spiro atoms. The molecule has 0 amide bonds. The van der Waals surface area contributed by atoms with Crippen molar-refractivity contribution in [3.8, 4) is 5.75 Å². The van der Waals surface area contributed by atoms with Crippen molar-refractivity contribution in [2.24, 2.45) is 0 Å². The third kappa shape index (κ3) is 5.36. The molecular formula is C19H18F3N3O3S. The van der Waals surface area contributed by atoms with Gasteiger partial charge in [-0.25, -0.2) is 13.4 Å². The van der Waals surface area contributed by atoms with E-state index in [2.05, 4.69) is 14.4 Å². The molecule has 6 nitrogen and oxygen atoms in total. The van der Waals surface area contributed by atoms with Gasteiger partial charge in [0.1, 0.15) is 5.75 Å². The zero-order chi connectivity index (χ0) is 21.2. The van der Waals surface area contributed by atoms with E-state index in [9.17, 15) is 21.6 Å². The molecule has 0 aliphatic rings. The molecule has 1 aromatic heterocycles. The molecule has 0 fully saturated rings. The van der Waals surface area contributed by atoms with Gasteiger partial charge in [-0.15, -0.1) is 13.2 Å². The van der Waals surface area contributed by atoms with Crippen molar-refractivity contribution in [1.29, 1.82) is 0 Å². The van der Waals surface area contributed by atoms with Crippen molar-refractivity contribution >= 4 is 26.6 Å². The summed E-state index contributed by atoms with van der Waals surface area (Å²) in [6.07, 6.45) is -4.85. The van der Waals surface area contributed by atoms with Gasteiger partial charge in [0.25, 0.3) is 10.0 Å². The first-order valence-electron chi connectivity index (χ1n) is 8.45. The second-order valence-electron chi connectivity index (χ2n) is 6.54. The number of rotatable bonds is 6. The van der Waals surface area contributed by atoms with Crippen LogP contribution in [0.5, 0.6) is 5.75 Å². The average Bonchev–Trinajstić information content (AvgIpc) is 2.60. The van der Waals surface area contributed by atoms with Gasteiger partial charge in [0.15, 0.2) is 0 Å². The monoisotopic (exact) mass is 425 g/mol.